The van der Waals surface area contributed by atoms with Crippen LogP contribution in [0.15, 0.2) is 43.7 Å². The number of fused-ring (bicyclic) bond motifs is 1. The zero-order valence-electron chi connectivity index (χ0n) is 12.7. The van der Waals surface area contributed by atoms with Crippen LogP contribution in [0.5, 0.6) is 5.75 Å². The fourth-order valence-electron chi connectivity index (χ4n) is 2.49. The van der Waals surface area contributed by atoms with Gasteiger partial charge in [-0.3, -0.25) is 4.79 Å². The van der Waals surface area contributed by atoms with E-state index in [9.17, 15) is 18.7 Å². The maximum absolute atomic E-state index is 14.0. The van der Waals surface area contributed by atoms with Crippen LogP contribution < -0.4 is 5.46 Å². The Labute approximate surface area is 159 Å². The molecule has 8 heteroatoms. The van der Waals surface area contributed by atoms with Crippen molar-refractivity contribution in [2.24, 2.45) is 0 Å². The van der Waals surface area contributed by atoms with Crippen LogP contribution in [0.2, 0.25) is 0 Å². The van der Waals surface area contributed by atoms with E-state index in [2.05, 4.69) is 31.9 Å². The van der Waals surface area contributed by atoms with Crippen LogP contribution in [0.4, 0.5) is 8.78 Å². The molecule has 0 spiro atoms. The van der Waals surface area contributed by atoms with E-state index in [1.165, 1.54) is 30.3 Å². The molecule has 2 radical (unpaired) electrons. The molecule has 3 rings (SSSR count). The molecule has 0 saturated carbocycles. The molecule has 0 bridgehead atoms. The van der Waals surface area contributed by atoms with Crippen molar-refractivity contribution in [1.29, 1.82) is 0 Å². The summed E-state index contributed by atoms with van der Waals surface area (Å²) < 4.78 is 33.8. The molecule has 25 heavy (non-hydrogen) atoms. The predicted molar refractivity (Wildman–Crippen MR) is 98.1 cm³/mol. The summed E-state index contributed by atoms with van der Waals surface area (Å²) in [4.78, 5) is 13.0. The van der Waals surface area contributed by atoms with Crippen molar-refractivity contribution in [3.8, 4) is 5.75 Å². The maximum Gasteiger partial charge on any atom is 0.302 e. The van der Waals surface area contributed by atoms with Crippen molar-refractivity contribution in [2.45, 2.75) is 12.8 Å². The fraction of sp³-hybridized carbons (Fsp3) is 0.118. The SMILES string of the molecule is [B]c1ccc2oc(C(C)(F)F)c(C(=O)c3cc(Br)c(O)c(Br)c3)c2c1. The molecule has 1 heterocycles. The number of alkyl halides is 2. The van der Waals surface area contributed by atoms with Crippen LogP contribution >= 0.6 is 31.9 Å². The van der Waals surface area contributed by atoms with Gasteiger partial charge in [0.15, 0.2) is 11.5 Å². The third kappa shape index (κ3) is 3.25. The van der Waals surface area contributed by atoms with Gasteiger partial charge >= 0.3 is 5.92 Å². The molecule has 126 valence electrons. The van der Waals surface area contributed by atoms with Gasteiger partial charge in [-0.1, -0.05) is 17.6 Å². The van der Waals surface area contributed by atoms with Crippen LogP contribution in [0, 0.1) is 0 Å². The van der Waals surface area contributed by atoms with Crippen LogP contribution in [0.25, 0.3) is 11.0 Å². The number of carbonyl (C=O) groups excluding carboxylic acids is 1. The summed E-state index contributed by atoms with van der Waals surface area (Å²) in [6, 6.07) is 7.08. The summed E-state index contributed by atoms with van der Waals surface area (Å²) in [5.41, 5.74) is 0.318. The molecular formula is C17H9BBr2F2O3. The number of carbonyl (C=O) groups is 1. The van der Waals surface area contributed by atoms with Crippen molar-refractivity contribution in [1.82, 2.24) is 0 Å². The largest absolute Gasteiger partial charge is 0.506 e. The van der Waals surface area contributed by atoms with Crippen molar-refractivity contribution in [3.05, 3.63) is 56.2 Å². The lowest BCUT2D eigenvalue weighted by molar-refractivity contribution is -0.00469. The number of phenols is 1. The highest BCUT2D eigenvalue weighted by Crippen LogP contribution is 2.39. The minimum Gasteiger partial charge on any atom is -0.506 e. The molecule has 2 aromatic carbocycles. The Kier molecular flexibility index (Phi) is 4.53. The maximum atomic E-state index is 14.0. The molecule has 0 amide bonds. The molecule has 1 aromatic heterocycles. The number of ketones is 1. The molecule has 0 atom stereocenters. The van der Waals surface area contributed by atoms with E-state index in [1.807, 2.05) is 0 Å². The Morgan fingerprint density at radius 3 is 2.36 bits per heavy atom. The van der Waals surface area contributed by atoms with E-state index in [-0.39, 0.29) is 36.8 Å². The number of aromatic hydroxyl groups is 1. The molecule has 0 aliphatic heterocycles. The number of halogens is 4. The summed E-state index contributed by atoms with van der Waals surface area (Å²) in [6.45, 7) is 0.660. The van der Waals surface area contributed by atoms with Gasteiger partial charge in [0.1, 0.15) is 19.2 Å². The first-order chi connectivity index (χ1) is 11.6. The lowest BCUT2D eigenvalue weighted by atomic mass is 9.92. The zero-order valence-corrected chi connectivity index (χ0v) is 15.9. The highest BCUT2D eigenvalue weighted by atomic mass is 79.9. The third-order valence-electron chi connectivity index (χ3n) is 3.62. The average Bonchev–Trinajstić information content (AvgIpc) is 2.90. The first kappa shape index (κ1) is 18.1. The van der Waals surface area contributed by atoms with E-state index in [0.29, 0.717) is 12.4 Å². The zero-order chi connectivity index (χ0) is 18.5. The Bertz CT molecular complexity index is 986. The number of hydrogen-bond acceptors (Lipinski definition) is 3. The summed E-state index contributed by atoms with van der Waals surface area (Å²) in [5, 5.41) is 9.99. The topological polar surface area (TPSA) is 50.4 Å². The molecular weight excluding hydrogens is 461 g/mol. The molecule has 3 aromatic rings. The lowest BCUT2D eigenvalue weighted by Gasteiger charge is -2.10. The number of phenolic OH excluding ortho intramolecular Hbond substituents is 1. The predicted octanol–water partition coefficient (Wildman–Crippen LogP) is 4.80. The van der Waals surface area contributed by atoms with Gasteiger partial charge in [-0.25, -0.2) is 0 Å². The summed E-state index contributed by atoms with van der Waals surface area (Å²) >= 11 is 6.25. The van der Waals surface area contributed by atoms with Crippen LogP contribution in [0.3, 0.4) is 0 Å². The highest BCUT2D eigenvalue weighted by molar-refractivity contribution is 9.11. The molecule has 3 nitrogen and oxygen atoms in total. The van der Waals surface area contributed by atoms with Gasteiger partial charge in [-0.2, -0.15) is 8.78 Å². The van der Waals surface area contributed by atoms with Crippen molar-refractivity contribution in [3.63, 3.8) is 0 Å². The molecule has 0 unspecified atom stereocenters. The summed E-state index contributed by atoms with van der Waals surface area (Å²) in [5.74, 6) is -4.84. The number of hydrogen-bond donors (Lipinski definition) is 1. The van der Waals surface area contributed by atoms with E-state index < -0.39 is 17.5 Å². The van der Waals surface area contributed by atoms with Crippen molar-refractivity contribution in [2.75, 3.05) is 0 Å². The van der Waals surface area contributed by atoms with Crippen LogP contribution in [-0.2, 0) is 5.92 Å². The van der Waals surface area contributed by atoms with Crippen LogP contribution in [-0.4, -0.2) is 18.7 Å². The monoisotopic (exact) mass is 468 g/mol. The Hall–Kier alpha value is -1.67. The Morgan fingerprint density at radius 1 is 1.20 bits per heavy atom. The number of rotatable bonds is 3. The van der Waals surface area contributed by atoms with Gasteiger partial charge in [-0.15, -0.1) is 0 Å². The summed E-state index contributed by atoms with van der Waals surface area (Å²) in [6.07, 6.45) is 0. The Balaban J connectivity index is 2.30. The fourth-order valence-corrected chi connectivity index (χ4v) is 3.68. The minimum absolute atomic E-state index is 0.0982. The second-order valence-electron chi connectivity index (χ2n) is 5.57. The minimum atomic E-state index is -3.36. The van der Waals surface area contributed by atoms with Gasteiger partial charge in [0, 0.05) is 17.9 Å². The van der Waals surface area contributed by atoms with E-state index in [0.717, 1.165) is 0 Å². The first-order valence-electron chi connectivity index (χ1n) is 7.02. The second-order valence-corrected chi connectivity index (χ2v) is 7.28. The second kappa shape index (κ2) is 6.25. The third-order valence-corrected chi connectivity index (χ3v) is 4.83. The molecule has 0 saturated heterocycles. The number of furan rings is 1. The van der Waals surface area contributed by atoms with Gasteiger partial charge in [0.2, 0.25) is 0 Å². The van der Waals surface area contributed by atoms with Crippen molar-refractivity contribution >= 4 is 61.9 Å². The molecule has 0 aliphatic carbocycles. The first-order valence-corrected chi connectivity index (χ1v) is 8.61. The number of benzene rings is 2. The van der Waals surface area contributed by atoms with Gasteiger partial charge in [-0.05, 0) is 50.1 Å². The molecule has 0 fully saturated rings. The quantitative estimate of drug-likeness (QED) is 0.443. The standard InChI is InChI=1S/C17H9BBr2F2O3/c1-17(21,22)16-13(9-6-8(18)2-3-12(9)25-16)14(23)7-4-10(19)15(24)11(20)5-7/h2-6,24H,1H3. The average molecular weight is 470 g/mol. The molecule has 0 aliphatic rings. The normalized spacial score (nSPS) is 11.9. The molecule has 1 N–H and O–H groups in total. The van der Waals surface area contributed by atoms with E-state index in [4.69, 9.17) is 12.3 Å². The van der Waals surface area contributed by atoms with Gasteiger partial charge in [0.05, 0.1) is 14.5 Å². The van der Waals surface area contributed by atoms with E-state index in [1.54, 1.807) is 0 Å². The van der Waals surface area contributed by atoms with Gasteiger partial charge in [0.25, 0.3) is 0 Å². The Morgan fingerprint density at radius 2 is 1.80 bits per heavy atom. The smallest absolute Gasteiger partial charge is 0.302 e. The van der Waals surface area contributed by atoms with E-state index >= 15 is 0 Å². The van der Waals surface area contributed by atoms with Gasteiger partial charge < -0.3 is 9.52 Å². The van der Waals surface area contributed by atoms with Crippen molar-refractivity contribution < 1.29 is 23.1 Å². The van der Waals surface area contributed by atoms with Crippen LogP contribution in [0.1, 0.15) is 28.6 Å². The highest BCUT2D eigenvalue weighted by Gasteiger charge is 2.36. The summed E-state index contributed by atoms with van der Waals surface area (Å²) in [7, 11) is 5.73. The lowest BCUT2D eigenvalue weighted by Crippen LogP contribution is -2.13.